The Labute approximate surface area is 116 Å². The van der Waals surface area contributed by atoms with Crippen LogP contribution in [-0.4, -0.2) is 23.5 Å². The first-order chi connectivity index (χ1) is 8.73. The highest BCUT2D eigenvalue weighted by atomic mass is 35.5. The third kappa shape index (κ3) is 5.04. The van der Waals surface area contributed by atoms with Gasteiger partial charge in [-0.1, -0.05) is 11.6 Å². The van der Waals surface area contributed by atoms with Gasteiger partial charge in [0.25, 0.3) is 0 Å². The van der Waals surface area contributed by atoms with E-state index in [0.29, 0.717) is 5.02 Å². The molecule has 0 saturated heterocycles. The summed E-state index contributed by atoms with van der Waals surface area (Å²) in [7, 11) is 0. The van der Waals surface area contributed by atoms with Crippen LogP contribution in [0.15, 0.2) is 18.2 Å². The molecule has 0 heterocycles. The van der Waals surface area contributed by atoms with E-state index < -0.39 is 24.5 Å². The van der Waals surface area contributed by atoms with Crippen LogP contribution in [0.1, 0.15) is 32.4 Å². The van der Waals surface area contributed by atoms with Crippen LogP contribution in [0, 0.1) is 0 Å². The zero-order chi connectivity index (χ0) is 14.6. The molecule has 0 aliphatic carbocycles. The molecule has 0 aromatic heterocycles. The van der Waals surface area contributed by atoms with Gasteiger partial charge in [0.2, 0.25) is 0 Å². The molecule has 1 unspecified atom stereocenters. The van der Waals surface area contributed by atoms with Gasteiger partial charge in [0.05, 0.1) is 5.69 Å². The molecule has 1 aromatic carbocycles. The lowest BCUT2D eigenvalue weighted by Crippen LogP contribution is -2.27. The summed E-state index contributed by atoms with van der Waals surface area (Å²) >= 11 is 5.78. The predicted octanol–water partition coefficient (Wildman–Crippen LogP) is 3.69. The zero-order valence-corrected chi connectivity index (χ0v) is 11.8. The van der Waals surface area contributed by atoms with Crippen molar-refractivity contribution >= 4 is 23.4 Å². The molecule has 19 heavy (non-hydrogen) atoms. The lowest BCUT2D eigenvalue weighted by molar-refractivity contribution is 0.0635. The van der Waals surface area contributed by atoms with Gasteiger partial charge in [-0.15, -0.1) is 0 Å². The van der Waals surface area contributed by atoms with E-state index in [1.54, 1.807) is 20.8 Å². The fraction of sp³-hybridized carbons (Fsp3) is 0.462. The third-order valence-electron chi connectivity index (χ3n) is 2.15. The molecule has 1 rings (SSSR count). The van der Waals surface area contributed by atoms with Crippen LogP contribution in [0.3, 0.4) is 0 Å². The Morgan fingerprint density at radius 1 is 1.53 bits per heavy atom. The summed E-state index contributed by atoms with van der Waals surface area (Å²) in [6, 6.07) is 4.42. The number of hydrogen-bond donors (Lipinski definition) is 2. The second-order valence-electron chi connectivity index (χ2n) is 5.03. The molecule has 1 amide bonds. The number of nitrogens with one attached hydrogen (secondary N) is 1. The monoisotopic (exact) mass is 289 g/mol. The lowest BCUT2D eigenvalue weighted by atomic mass is 10.1. The number of alkyl halides is 1. The van der Waals surface area contributed by atoms with Crippen LogP contribution < -0.4 is 5.32 Å². The van der Waals surface area contributed by atoms with Crippen molar-refractivity contribution < 1.29 is 19.0 Å². The van der Waals surface area contributed by atoms with Crippen molar-refractivity contribution in [2.75, 3.05) is 12.0 Å². The van der Waals surface area contributed by atoms with Gasteiger partial charge in [-0.25, -0.2) is 9.18 Å². The van der Waals surface area contributed by atoms with Crippen LogP contribution in [0.25, 0.3) is 0 Å². The van der Waals surface area contributed by atoms with Gasteiger partial charge in [0, 0.05) is 10.6 Å². The Kier molecular flexibility index (Phi) is 5.14. The molecule has 0 bridgehead atoms. The summed E-state index contributed by atoms with van der Waals surface area (Å²) in [6.07, 6.45) is -2.02. The Bertz CT molecular complexity index is 460. The number of carbonyl (C=O) groups is 1. The summed E-state index contributed by atoms with van der Waals surface area (Å²) in [4.78, 5) is 11.6. The predicted molar refractivity (Wildman–Crippen MR) is 72.2 cm³/mol. The van der Waals surface area contributed by atoms with Crippen LogP contribution >= 0.6 is 11.6 Å². The molecule has 0 aliphatic heterocycles. The van der Waals surface area contributed by atoms with Crippen molar-refractivity contribution in [1.29, 1.82) is 0 Å². The second kappa shape index (κ2) is 6.21. The number of amides is 1. The highest BCUT2D eigenvalue weighted by Crippen LogP contribution is 2.27. The van der Waals surface area contributed by atoms with E-state index in [0.717, 1.165) is 0 Å². The Hall–Kier alpha value is -1.33. The van der Waals surface area contributed by atoms with Gasteiger partial charge >= 0.3 is 6.09 Å². The van der Waals surface area contributed by atoms with Crippen molar-refractivity contribution in [2.45, 2.75) is 32.5 Å². The average Bonchev–Trinajstić information content (AvgIpc) is 2.28. The highest BCUT2D eigenvalue weighted by molar-refractivity contribution is 6.30. The van der Waals surface area contributed by atoms with E-state index in [2.05, 4.69) is 5.32 Å². The van der Waals surface area contributed by atoms with Crippen molar-refractivity contribution in [3.05, 3.63) is 28.8 Å². The number of benzene rings is 1. The fourth-order valence-corrected chi connectivity index (χ4v) is 1.60. The van der Waals surface area contributed by atoms with Crippen LogP contribution in [0.5, 0.6) is 0 Å². The molecular weight excluding hydrogens is 273 g/mol. The van der Waals surface area contributed by atoms with Gasteiger partial charge in [0.15, 0.2) is 0 Å². The van der Waals surface area contributed by atoms with Crippen LogP contribution in [-0.2, 0) is 4.74 Å². The highest BCUT2D eigenvalue weighted by Gasteiger charge is 2.19. The van der Waals surface area contributed by atoms with E-state index >= 15 is 0 Å². The number of carbonyl (C=O) groups excluding carboxylic acids is 1. The van der Waals surface area contributed by atoms with Crippen LogP contribution in [0.4, 0.5) is 14.9 Å². The van der Waals surface area contributed by atoms with Gasteiger partial charge in [-0.2, -0.15) is 0 Å². The maximum Gasteiger partial charge on any atom is 0.412 e. The number of rotatable bonds is 3. The van der Waals surface area contributed by atoms with Crippen LogP contribution in [0.2, 0.25) is 5.02 Å². The van der Waals surface area contributed by atoms with Gasteiger partial charge in [0.1, 0.15) is 18.4 Å². The molecule has 2 N–H and O–H groups in total. The summed E-state index contributed by atoms with van der Waals surface area (Å²) in [5.41, 5.74) is -0.167. The molecule has 1 atom stereocenters. The summed E-state index contributed by atoms with van der Waals surface area (Å²) < 4.78 is 17.6. The molecule has 0 radical (unpaired) electrons. The van der Waals surface area contributed by atoms with Crippen molar-refractivity contribution in [3.63, 3.8) is 0 Å². The Morgan fingerprint density at radius 3 is 2.68 bits per heavy atom. The van der Waals surface area contributed by atoms with Crippen molar-refractivity contribution in [2.24, 2.45) is 0 Å². The third-order valence-corrected chi connectivity index (χ3v) is 2.39. The topological polar surface area (TPSA) is 58.6 Å². The molecule has 0 aliphatic rings. The SMILES string of the molecule is CC(C)(C)OC(=O)Nc1ccc(Cl)cc1C(O)CF. The average molecular weight is 290 g/mol. The maximum atomic E-state index is 12.6. The normalized spacial score (nSPS) is 12.9. The zero-order valence-electron chi connectivity index (χ0n) is 11.0. The summed E-state index contributed by atoms with van der Waals surface area (Å²) in [5.74, 6) is 0. The standard InChI is InChI=1S/C13H17ClFNO3/c1-13(2,3)19-12(18)16-10-5-4-8(14)6-9(10)11(17)7-15/h4-6,11,17H,7H2,1-3H3,(H,16,18). The smallest absolute Gasteiger partial charge is 0.412 e. The number of aliphatic hydroxyl groups excluding tert-OH is 1. The molecule has 0 saturated carbocycles. The second-order valence-corrected chi connectivity index (χ2v) is 5.47. The molecular formula is C13H17ClFNO3. The molecule has 0 spiro atoms. The maximum absolute atomic E-state index is 12.6. The van der Waals surface area contributed by atoms with Gasteiger partial charge in [-0.05, 0) is 39.0 Å². The molecule has 4 nitrogen and oxygen atoms in total. The Morgan fingerprint density at radius 2 is 2.16 bits per heavy atom. The van der Waals surface area contributed by atoms with Crippen molar-refractivity contribution in [1.82, 2.24) is 0 Å². The number of hydrogen-bond acceptors (Lipinski definition) is 3. The quantitative estimate of drug-likeness (QED) is 0.892. The molecule has 106 valence electrons. The largest absolute Gasteiger partial charge is 0.444 e. The molecule has 1 aromatic rings. The van der Waals surface area contributed by atoms with E-state index in [4.69, 9.17) is 16.3 Å². The lowest BCUT2D eigenvalue weighted by Gasteiger charge is -2.21. The number of ether oxygens (including phenoxy) is 1. The number of halogens is 2. The first-order valence-corrected chi connectivity index (χ1v) is 6.14. The van der Waals surface area contributed by atoms with E-state index in [9.17, 15) is 14.3 Å². The molecule has 0 fully saturated rings. The van der Waals surface area contributed by atoms with Gasteiger partial charge < -0.3 is 9.84 Å². The minimum absolute atomic E-state index is 0.209. The summed E-state index contributed by atoms with van der Waals surface area (Å²) in [6.45, 7) is 4.21. The summed E-state index contributed by atoms with van der Waals surface area (Å²) in [5, 5.41) is 12.4. The van der Waals surface area contributed by atoms with E-state index in [-0.39, 0.29) is 11.3 Å². The van der Waals surface area contributed by atoms with E-state index in [1.807, 2.05) is 0 Å². The minimum atomic E-state index is -1.34. The first kappa shape index (κ1) is 15.7. The number of anilines is 1. The fourth-order valence-electron chi connectivity index (χ4n) is 1.42. The van der Waals surface area contributed by atoms with Crippen molar-refractivity contribution in [3.8, 4) is 0 Å². The van der Waals surface area contributed by atoms with Gasteiger partial charge in [-0.3, -0.25) is 5.32 Å². The minimum Gasteiger partial charge on any atom is -0.444 e. The molecule has 6 heteroatoms. The Balaban J connectivity index is 2.91. The number of aliphatic hydroxyl groups is 1. The van der Waals surface area contributed by atoms with E-state index in [1.165, 1.54) is 18.2 Å². The first-order valence-electron chi connectivity index (χ1n) is 5.76.